The zero-order chi connectivity index (χ0) is 24.0. The molecule has 1 aliphatic rings. The lowest BCUT2D eigenvalue weighted by Gasteiger charge is -2.30. The second-order valence-corrected chi connectivity index (χ2v) is 8.27. The third kappa shape index (κ3) is 6.24. The van der Waals surface area contributed by atoms with Gasteiger partial charge in [0.05, 0.1) is 5.56 Å². The minimum atomic E-state index is -4.43. The number of carbonyl (C=O) groups is 2. The van der Waals surface area contributed by atoms with Gasteiger partial charge in [0.15, 0.2) is 0 Å². The summed E-state index contributed by atoms with van der Waals surface area (Å²) in [5.41, 5.74) is -0.294. The molecule has 1 fully saturated rings. The lowest BCUT2D eigenvalue weighted by Crippen LogP contribution is -2.52. The van der Waals surface area contributed by atoms with Crippen LogP contribution in [-0.2, 0) is 11.0 Å². The Labute approximate surface area is 191 Å². The van der Waals surface area contributed by atoms with Crippen molar-refractivity contribution in [1.29, 1.82) is 0 Å². The zero-order valence-electron chi connectivity index (χ0n) is 18.8. The van der Waals surface area contributed by atoms with Crippen LogP contribution in [0.2, 0.25) is 0 Å². The number of rotatable bonds is 6. The summed E-state index contributed by atoms with van der Waals surface area (Å²) in [5.74, 6) is -0.0373. The first-order valence-corrected chi connectivity index (χ1v) is 11.1. The van der Waals surface area contributed by atoms with Crippen molar-refractivity contribution in [3.8, 4) is 0 Å². The number of anilines is 1. The van der Waals surface area contributed by atoms with Gasteiger partial charge in [-0.1, -0.05) is 38.5 Å². The molecule has 2 unspecified atom stereocenters. The number of nitrogens with one attached hydrogen (secondary N) is 1. The molecule has 1 N–H and O–H groups in total. The van der Waals surface area contributed by atoms with Crippen LogP contribution in [0.15, 0.2) is 48.7 Å². The Morgan fingerprint density at radius 2 is 1.79 bits per heavy atom. The van der Waals surface area contributed by atoms with Crippen molar-refractivity contribution in [2.45, 2.75) is 38.9 Å². The molecule has 1 saturated heterocycles. The fraction of sp³-hybridized carbons (Fsp3) is 0.458. The first-order chi connectivity index (χ1) is 15.7. The summed E-state index contributed by atoms with van der Waals surface area (Å²) < 4.78 is 38.4. The third-order valence-corrected chi connectivity index (χ3v) is 6.01. The van der Waals surface area contributed by atoms with E-state index in [0.717, 1.165) is 18.7 Å². The largest absolute Gasteiger partial charge is 0.417 e. The van der Waals surface area contributed by atoms with Crippen LogP contribution in [0.1, 0.15) is 42.6 Å². The number of benzene rings is 1. The topological polar surface area (TPSA) is 65.5 Å². The van der Waals surface area contributed by atoms with Gasteiger partial charge < -0.3 is 15.1 Å². The molecule has 0 spiro atoms. The SMILES string of the molecule is CCC(C)C(NC(=O)c1ccccc1)C(=O)N1CCCN(c2ccc(C(F)(F)F)cn2)CC1. The molecule has 6 nitrogen and oxygen atoms in total. The number of amides is 2. The summed E-state index contributed by atoms with van der Waals surface area (Å²) in [6.45, 7) is 5.83. The van der Waals surface area contributed by atoms with Crippen molar-refractivity contribution < 1.29 is 22.8 Å². The Morgan fingerprint density at radius 1 is 1.06 bits per heavy atom. The molecule has 0 radical (unpaired) electrons. The number of nitrogens with zero attached hydrogens (tertiary/aromatic N) is 3. The molecule has 2 aromatic rings. The first kappa shape index (κ1) is 24.5. The predicted octanol–water partition coefficient (Wildman–Crippen LogP) is 3.98. The van der Waals surface area contributed by atoms with E-state index < -0.39 is 17.8 Å². The van der Waals surface area contributed by atoms with Gasteiger partial charge in [0, 0.05) is 37.9 Å². The number of hydrogen-bond acceptors (Lipinski definition) is 4. The van der Waals surface area contributed by atoms with Gasteiger partial charge in [-0.3, -0.25) is 9.59 Å². The van der Waals surface area contributed by atoms with Gasteiger partial charge in [0.1, 0.15) is 11.9 Å². The van der Waals surface area contributed by atoms with Gasteiger partial charge >= 0.3 is 6.18 Å². The fourth-order valence-electron chi connectivity index (χ4n) is 3.80. The Morgan fingerprint density at radius 3 is 2.39 bits per heavy atom. The molecule has 1 aromatic carbocycles. The number of carbonyl (C=O) groups excluding carboxylic acids is 2. The molecule has 33 heavy (non-hydrogen) atoms. The number of hydrogen-bond donors (Lipinski definition) is 1. The molecule has 9 heteroatoms. The molecule has 2 heterocycles. The van der Waals surface area contributed by atoms with Crippen LogP contribution in [-0.4, -0.2) is 53.9 Å². The van der Waals surface area contributed by atoms with Crippen molar-refractivity contribution in [1.82, 2.24) is 15.2 Å². The highest BCUT2D eigenvalue weighted by molar-refractivity contribution is 5.97. The second-order valence-electron chi connectivity index (χ2n) is 8.27. The van der Waals surface area contributed by atoms with Crippen LogP contribution in [0, 0.1) is 5.92 Å². The standard InChI is InChI=1S/C24H29F3N4O2/c1-3-17(2)21(29-22(32)18-8-5-4-6-9-18)23(33)31-13-7-12-30(14-15-31)20-11-10-19(16-28-20)24(25,26)27/h4-6,8-11,16-17,21H,3,7,12-15H2,1-2H3,(H,29,32). The maximum Gasteiger partial charge on any atom is 0.417 e. The van der Waals surface area contributed by atoms with Gasteiger partial charge in [-0.25, -0.2) is 4.98 Å². The van der Waals surface area contributed by atoms with Crippen LogP contribution in [0.5, 0.6) is 0 Å². The lowest BCUT2D eigenvalue weighted by atomic mass is 9.97. The highest BCUT2D eigenvalue weighted by Crippen LogP contribution is 2.29. The smallest absolute Gasteiger partial charge is 0.355 e. The summed E-state index contributed by atoms with van der Waals surface area (Å²) in [4.78, 5) is 33.6. The molecule has 0 bridgehead atoms. The number of halogens is 3. The summed E-state index contributed by atoms with van der Waals surface area (Å²) in [5, 5.41) is 2.90. The fourth-order valence-corrected chi connectivity index (χ4v) is 3.80. The zero-order valence-corrected chi connectivity index (χ0v) is 18.8. The van der Waals surface area contributed by atoms with E-state index in [4.69, 9.17) is 0 Å². The normalized spacial score (nSPS) is 16.6. The average molecular weight is 463 g/mol. The molecule has 1 aromatic heterocycles. The van der Waals surface area contributed by atoms with E-state index in [2.05, 4.69) is 10.3 Å². The number of pyridine rings is 1. The molecule has 0 saturated carbocycles. The molecule has 3 rings (SSSR count). The maximum absolute atomic E-state index is 13.4. The molecule has 178 valence electrons. The number of alkyl halides is 3. The Bertz CT molecular complexity index is 935. The van der Waals surface area contributed by atoms with Crippen molar-refractivity contribution in [2.75, 3.05) is 31.1 Å². The lowest BCUT2D eigenvalue weighted by molar-refractivity contribution is -0.138. The Kier molecular flexibility index (Phi) is 7.94. The molecule has 2 amide bonds. The minimum absolute atomic E-state index is 0.0545. The van der Waals surface area contributed by atoms with Gasteiger partial charge in [-0.2, -0.15) is 13.2 Å². The van der Waals surface area contributed by atoms with Gasteiger partial charge in [0.2, 0.25) is 5.91 Å². The molecular formula is C24H29F3N4O2. The minimum Gasteiger partial charge on any atom is -0.355 e. The van der Waals surface area contributed by atoms with E-state index in [1.54, 1.807) is 29.2 Å². The predicted molar refractivity (Wildman–Crippen MR) is 120 cm³/mol. The summed E-state index contributed by atoms with van der Waals surface area (Å²) in [6, 6.07) is 10.5. The van der Waals surface area contributed by atoms with Crippen molar-refractivity contribution in [3.05, 3.63) is 59.8 Å². The van der Waals surface area contributed by atoms with Crippen LogP contribution >= 0.6 is 0 Å². The highest BCUT2D eigenvalue weighted by Gasteiger charge is 2.32. The van der Waals surface area contributed by atoms with Gasteiger partial charge in [-0.15, -0.1) is 0 Å². The molecule has 2 atom stereocenters. The maximum atomic E-state index is 13.4. The van der Waals surface area contributed by atoms with E-state index in [9.17, 15) is 22.8 Å². The van der Waals surface area contributed by atoms with E-state index in [0.29, 0.717) is 44.0 Å². The van der Waals surface area contributed by atoms with Crippen LogP contribution in [0.4, 0.5) is 19.0 Å². The van der Waals surface area contributed by atoms with Crippen LogP contribution < -0.4 is 10.2 Å². The van der Waals surface area contributed by atoms with Crippen molar-refractivity contribution >= 4 is 17.6 Å². The molecule has 0 aliphatic carbocycles. The molecular weight excluding hydrogens is 433 g/mol. The van der Waals surface area contributed by atoms with Crippen molar-refractivity contribution in [3.63, 3.8) is 0 Å². The summed E-state index contributed by atoms with van der Waals surface area (Å²) in [7, 11) is 0. The monoisotopic (exact) mass is 462 g/mol. The van der Waals surface area contributed by atoms with Crippen molar-refractivity contribution in [2.24, 2.45) is 5.92 Å². The summed E-state index contributed by atoms with van der Waals surface area (Å²) in [6.07, 6.45) is -2.22. The van der Waals surface area contributed by atoms with E-state index in [1.165, 1.54) is 6.07 Å². The van der Waals surface area contributed by atoms with Crippen LogP contribution in [0.25, 0.3) is 0 Å². The molecule has 1 aliphatic heterocycles. The van der Waals surface area contributed by atoms with E-state index in [-0.39, 0.29) is 17.7 Å². The van der Waals surface area contributed by atoms with Gasteiger partial charge in [-0.05, 0) is 36.6 Å². The Balaban J connectivity index is 1.67. The quantitative estimate of drug-likeness (QED) is 0.705. The second kappa shape index (κ2) is 10.7. The highest BCUT2D eigenvalue weighted by atomic mass is 19.4. The first-order valence-electron chi connectivity index (χ1n) is 11.1. The third-order valence-electron chi connectivity index (χ3n) is 6.01. The Hall–Kier alpha value is -3.10. The number of aromatic nitrogens is 1. The van der Waals surface area contributed by atoms with E-state index >= 15 is 0 Å². The van der Waals surface area contributed by atoms with Crippen LogP contribution in [0.3, 0.4) is 0 Å². The average Bonchev–Trinajstić information content (AvgIpc) is 3.08. The summed E-state index contributed by atoms with van der Waals surface area (Å²) >= 11 is 0. The van der Waals surface area contributed by atoms with E-state index in [1.807, 2.05) is 24.8 Å². The van der Waals surface area contributed by atoms with Gasteiger partial charge in [0.25, 0.3) is 5.91 Å².